The van der Waals surface area contributed by atoms with Crippen LogP contribution in [0, 0.1) is 0 Å². The molecule has 1 aliphatic heterocycles. The Morgan fingerprint density at radius 1 is 1.29 bits per heavy atom. The first-order valence-corrected chi connectivity index (χ1v) is 6.14. The van der Waals surface area contributed by atoms with Crippen LogP contribution in [0.3, 0.4) is 0 Å². The minimum Gasteiger partial charge on any atom is -0.381 e. The van der Waals surface area contributed by atoms with E-state index in [2.05, 4.69) is 20.5 Å². The Bertz CT molecular complexity index is 407. The van der Waals surface area contributed by atoms with Crippen molar-refractivity contribution >= 4 is 5.91 Å². The van der Waals surface area contributed by atoms with Crippen molar-refractivity contribution in [3.63, 3.8) is 0 Å². The van der Waals surface area contributed by atoms with Gasteiger partial charge in [0.15, 0.2) is 0 Å². The van der Waals surface area contributed by atoms with Gasteiger partial charge in [-0.3, -0.25) is 9.89 Å². The van der Waals surface area contributed by atoms with Gasteiger partial charge in [-0.2, -0.15) is 0 Å². The molecule has 17 heavy (non-hydrogen) atoms. The molecule has 0 spiro atoms. The summed E-state index contributed by atoms with van der Waals surface area (Å²) >= 11 is 0. The molecule has 1 amide bonds. The van der Waals surface area contributed by atoms with E-state index in [1.54, 1.807) is 0 Å². The summed E-state index contributed by atoms with van der Waals surface area (Å²) in [7, 11) is 0. The molecule has 2 N–H and O–H groups in total. The van der Waals surface area contributed by atoms with E-state index in [9.17, 15) is 4.79 Å². The fourth-order valence-corrected chi connectivity index (χ4v) is 2.01. The molecule has 1 aliphatic carbocycles. The van der Waals surface area contributed by atoms with Gasteiger partial charge in [0.05, 0.1) is 0 Å². The molecular formula is C11H16N4O2. The van der Waals surface area contributed by atoms with Gasteiger partial charge in [-0.15, -0.1) is 5.10 Å². The van der Waals surface area contributed by atoms with Crippen LogP contribution >= 0.6 is 0 Å². The number of H-pyrrole nitrogens is 1. The van der Waals surface area contributed by atoms with Gasteiger partial charge in [-0.25, -0.2) is 4.98 Å². The second kappa shape index (κ2) is 4.44. The maximum atomic E-state index is 11.9. The first-order chi connectivity index (χ1) is 8.33. The lowest BCUT2D eigenvalue weighted by atomic mass is 10.1. The smallest absolute Gasteiger partial charge is 0.291 e. The molecule has 2 fully saturated rings. The van der Waals surface area contributed by atoms with E-state index in [1.807, 2.05) is 0 Å². The van der Waals surface area contributed by atoms with Crippen molar-refractivity contribution in [1.82, 2.24) is 20.5 Å². The van der Waals surface area contributed by atoms with Crippen molar-refractivity contribution in [3.05, 3.63) is 11.6 Å². The predicted octanol–water partition coefficient (Wildman–Crippen LogP) is 0.591. The molecule has 2 heterocycles. The highest BCUT2D eigenvalue weighted by Crippen LogP contribution is 2.37. The van der Waals surface area contributed by atoms with Crippen molar-refractivity contribution < 1.29 is 9.53 Å². The molecule has 0 bridgehead atoms. The molecule has 1 aromatic heterocycles. The molecule has 0 unspecified atom stereocenters. The van der Waals surface area contributed by atoms with Crippen LogP contribution in [-0.2, 0) is 4.74 Å². The lowest BCUT2D eigenvalue weighted by Gasteiger charge is -2.22. The van der Waals surface area contributed by atoms with Gasteiger partial charge in [0.25, 0.3) is 5.91 Å². The summed E-state index contributed by atoms with van der Waals surface area (Å²) in [5.41, 5.74) is 0. The third kappa shape index (κ3) is 2.46. The monoisotopic (exact) mass is 236 g/mol. The van der Waals surface area contributed by atoms with Crippen LogP contribution in [0.5, 0.6) is 0 Å². The second-order valence-corrected chi connectivity index (χ2v) is 4.68. The number of nitrogens with zero attached hydrogens (tertiary/aromatic N) is 2. The van der Waals surface area contributed by atoms with Gasteiger partial charge < -0.3 is 10.1 Å². The van der Waals surface area contributed by atoms with Crippen molar-refractivity contribution in [1.29, 1.82) is 0 Å². The Labute approximate surface area is 99.1 Å². The molecule has 3 rings (SSSR count). The number of aromatic nitrogens is 3. The molecule has 1 aromatic rings. The van der Waals surface area contributed by atoms with Gasteiger partial charge in [-0.05, 0) is 25.7 Å². The van der Waals surface area contributed by atoms with E-state index in [-0.39, 0.29) is 17.8 Å². The number of carbonyl (C=O) groups excluding carboxylic acids is 1. The molecule has 0 aromatic carbocycles. The van der Waals surface area contributed by atoms with Crippen LogP contribution in [0.25, 0.3) is 0 Å². The first-order valence-electron chi connectivity index (χ1n) is 6.14. The van der Waals surface area contributed by atoms with Gasteiger partial charge >= 0.3 is 0 Å². The Balaban J connectivity index is 1.59. The average molecular weight is 236 g/mol. The fourth-order valence-electron chi connectivity index (χ4n) is 2.01. The van der Waals surface area contributed by atoms with Crippen LogP contribution in [0.15, 0.2) is 0 Å². The minimum atomic E-state index is -0.181. The van der Waals surface area contributed by atoms with Crippen molar-refractivity contribution in [2.45, 2.75) is 37.6 Å². The number of rotatable bonds is 3. The number of ether oxygens (including phenoxy) is 1. The zero-order chi connectivity index (χ0) is 11.7. The molecule has 2 aliphatic rings. The van der Waals surface area contributed by atoms with Crippen LogP contribution in [0.2, 0.25) is 0 Å². The highest BCUT2D eigenvalue weighted by Gasteiger charge is 2.28. The standard InChI is InChI=1S/C11H16N4O2/c16-11(12-8-3-5-17-6-4-8)10-13-9(14-15-10)7-1-2-7/h7-8H,1-6H2,(H,12,16)(H,13,14,15). The maximum Gasteiger partial charge on any atom is 0.291 e. The molecule has 1 saturated heterocycles. The van der Waals surface area contributed by atoms with Crippen LogP contribution in [0.4, 0.5) is 0 Å². The lowest BCUT2D eigenvalue weighted by molar-refractivity contribution is 0.0692. The molecular weight excluding hydrogens is 220 g/mol. The molecule has 6 nitrogen and oxygen atoms in total. The average Bonchev–Trinajstić information content (AvgIpc) is 3.08. The molecule has 0 radical (unpaired) electrons. The van der Waals surface area contributed by atoms with Gasteiger partial charge in [-0.1, -0.05) is 0 Å². The summed E-state index contributed by atoms with van der Waals surface area (Å²) in [6, 6.07) is 0.194. The number of carbonyl (C=O) groups is 1. The molecule has 0 atom stereocenters. The van der Waals surface area contributed by atoms with Crippen molar-refractivity contribution in [2.75, 3.05) is 13.2 Å². The first kappa shape index (κ1) is 10.7. The highest BCUT2D eigenvalue weighted by atomic mass is 16.5. The lowest BCUT2D eigenvalue weighted by Crippen LogP contribution is -2.39. The van der Waals surface area contributed by atoms with Crippen LogP contribution < -0.4 is 5.32 Å². The van der Waals surface area contributed by atoms with E-state index in [1.165, 1.54) is 0 Å². The summed E-state index contributed by atoms with van der Waals surface area (Å²) < 4.78 is 5.24. The predicted molar refractivity (Wildman–Crippen MR) is 59.7 cm³/mol. The Kier molecular flexibility index (Phi) is 2.80. The number of hydrogen-bond donors (Lipinski definition) is 2. The number of aromatic amines is 1. The Morgan fingerprint density at radius 3 is 2.76 bits per heavy atom. The summed E-state index contributed by atoms with van der Waals surface area (Å²) in [6.45, 7) is 1.43. The minimum absolute atomic E-state index is 0.181. The van der Waals surface area contributed by atoms with Crippen LogP contribution in [-0.4, -0.2) is 40.3 Å². The topological polar surface area (TPSA) is 79.9 Å². The van der Waals surface area contributed by atoms with E-state index in [4.69, 9.17) is 4.74 Å². The summed E-state index contributed by atoms with van der Waals surface area (Å²) in [5.74, 6) is 1.42. The number of nitrogens with one attached hydrogen (secondary N) is 2. The van der Waals surface area contributed by atoms with Crippen molar-refractivity contribution in [2.24, 2.45) is 0 Å². The zero-order valence-corrected chi connectivity index (χ0v) is 9.61. The van der Waals surface area contributed by atoms with E-state index < -0.39 is 0 Å². The summed E-state index contributed by atoms with van der Waals surface area (Å²) in [4.78, 5) is 16.1. The van der Waals surface area contributed by atoms with Crippen molar-refractivity contribution in [3.8, 4) is 0 Å². The van der Waals surface area contributed by atoms with E-state index >= 15 is 0 Å². The van der Waals surface area contributed by atoms with Gasteiger partial charge in [0.2, 0.25) is 5.82 Å². The van der Waals surface area contributed by atoms with Gasteiger partial charge in [0, 0.05) is 25.2 Å². The Morgan fingerprint density at radius 2 is 2.06 bits per heavy atom. The SMILES string of the molecule is O=C(NC1CCOCC1)c1n[nH]c(C2CC2)n1. The fraction of sp³-hybridized carbons (Fsp3) is 0.727. The third-order valence-electron chi connectivity index (χ3n) is 3.23. The highest BCUT2D eigenvalue weighted by molar-refractivity contribution is 5.90. The van der Waals surface area contributed by atoms with E-state index in [0.717, 1.165) is 31.5 Å². The summed E-state index contributed by atoms with van der Waals surface area (Å²) in [6.07, 6.45) is 4.03. The molecule has 1 saturated carbocycles. The van der Waals surface area contributed by atoms with Crippen LogP contribution in [0.1, 0.15) is 48.0 Å². The van der Waals surface area contributed by atoms with Gasteiger partial charge in [0.1, 0.15) is 5.82 Å². The summed E-state index contributed by atoms with van der Waals surface area (Å²) in [5, 5.41) is 9.75. The Hall–Kier alpha value is -1.43. The quantitative estimate of drug-likeness (QED) is 0.805. The number of amides is 1. The number of hydrogen-bond acceptors (Lipinski definition) is 4. The van der Waals surface area contributed by atoms with E-state index in [0.29, 0.717) is 19.1 Å². The third-order valence-corrected chi connectivity index (χ3v) is 3.23. The normalized spacial score (nSPS) is 21.4. The zero-order valence-electron chi connectivity index (χ0n) is 9.61. The maximum absolute atomic E-state index is 11.9. The molecule has 6 heteroatoms. The second-order valence-electron chi connectivity index (χ2n) is 4.68. The largest absolute Gasteiger partial charge is 0.381 e. The molecule has 92 valence electrons.